The van der Waals surface area contributed by atoms with Crippen LogP contribution < -0.4 is 4.74 Å². The van der Waals surface area contributed by atoms with E-state index in [1.807, 2.05) is 0 Å². The van der Waals surface area contributed by atoms with E-state index in [-0.39, 0.29) is 11.4 Å². The fourth-order valence-electron chi connectivity index (χ4n) is 1.37. The molecule has 0 atom stereocenters. The van der Waals surface area contributed by atoms with Crippen molar-refractivity contribution in [1.82, 2.24) is 9.78 Å². The van der Waals surface area contributed by atoms with Gasteiger partial charge >= 0.3 is 5.97 Å². The average molecular weight is 236 g/mol. The fraction of sp³-hybridized carbons (Fsp3) is 0.0909. The molecule has 0 aliphatic carbocycles. The highest BCUT2D eigenvalue weighted by molar-refractivity contribution is 5.85. The Morgan fingerprint density at radius 1 is 1.47 bits per heavy atom. The minimum atomic E-state index is -1.11. The first-order valence-corrected chi connectivity index (χ1v) is 4.74. The largest absolute Gasteiger partial charge is 0.494 e. The summed E-state index contributed by atoms with van der Waals surface area (Å²) in [5, 5.41) is 12.6. The van der Waals surface area contributed by atoms with Crippen molar-refractivity contribution in [3.05, 3.63) is 42.0 Å². The molecule has 0 fully saturated rings. The van der Waals surface area contributed by atoms with Gasteiger partial charge in [-0.1, -0.05) is 0 Å². The van der Waals surface area contributed by atoms with Gasteiger partial charge in [0.25, 0.3) is 0 Å². The van der Waals surface area contributed by atoms with Gasteiger partial charge in [0.2, 0.25) is 0 Å². The van der Waals surface area contributed by atoms with Crippen LogP contribution in [0, 0.1) is 5.82 Å². The molecule has 1 aromatic carbocycles. The zero-order valence-corrected chi connectivity index (χ0v) is 8.92. The molecule has 0 bridgehead atoms. The summed E-state index contributed by atoms with van der Waals surface area (Å²) in [6.07, 6.45) is 1.48. The van der Waals surface area contributed by atoms with E-state index in [4.69, 9.17) is 9.84 Å². The van der Waals surface area contributed by atoms with Gasteiger partial charge in [-0.2, -0.15) is 5.10 Å². The van der Waals surface area contributed by atoms with Crippen molar-refractivity contribution in [2.24, 2.45) is 0 Å². The number of ether oxygens (including phenoxy) is 1. The summed E-state index contributed by atoms with van der Waals surface area (Å²) in [7, 11) is 1.36. The Morgan fingerprint density at radius 3 is 2.82 bits per heavy atom. The van der Waals surface area contributed by atoms with Gasteiger partial charge in [0.15, 0.2) is 17.3 Å². The van der Waals surface area contributed by atoms with Crippen molar-refractivity contribution in [2.75, 3.05) is 7.11 Å². The van der Waals surface area contributed by atoms with Crippen molar-refractivity contribution in [1.29, 1.82) is 0 Å². The summed E-state index contributed by atoms with van der Waals surface area (Å²) in [6.45, 7) is 0. The summed E-state index contributed by atoms with van der Waals surface area (Å²) >= 11 is 0. The second-order valence-corrected chi connectivity index (χ2v) is 3.27. The van der Waals surface area contributed by atoms with Crippen molar-refractivity contribution in [3.8, 4) is 11.4 Å². The SMILES string of the molecule is COc1cc(-n2ccc(C(=O)O)n2)ccc1F. The van der Waals surface area contributed by atoms with Crippen molar-refractivity contribution >= 4 is 5.97 Å². The molecule has 0 unspecified atom stereocenters. The maximum Gasteiger partial charge on any atom is 0.356 e. The van der Waals surface area contributed by atoms with E-state index in [9.17, 15) is 9.18 Å². The first-order chi connectivity index (χ1) is 8.11. The minimum absolute atomic E-state index is 0.0757. The molecule has 0 aliphatic heterocycles. The smallest absolute Gasteiger partial charge is 0.356 e. The van der Waals surface area contributed by atoms with Crippen LogP contribution in [0.15, 0.2) is 30.5 Å². The van der Waals surface area contributed by atoms with Gasteiger partial charge in [0.1, 0.15) is 0 Å². The quantitative estimate of drug-likeness (QED) is 0.881. The number of carboxylic acid groups (broad SMARTS) is 1. The van der Waals surface area contributed by atoms with E-state index < -0.39 is 11.8 Å². The Hall–Kier alpha value is -2.37. The number of nitrogens with zero attached hydrogens (tertiary/aromatic N) is 2. The van der Waals surface area contributed by atoms with Crippen molar-refractivity contribution in [3.63, 3.8) is 0 Å². The molecule has 0 amide bonds. The van der Waals surface area contributed by atoms with Gasteiger partial charge in [0, 0.05) is 12.3 Å². The summed E-state index contributed by atoms with van der Waals surface area (Å²) in [5.74, 6) is -1.52. The molecule has 2 aromatic rings. The maximum absolute atomic E-state index is 13.2. The zero-order valence-electron chi connectivity index (χ0n) is 8.92. The lowest BCUT2D eigenvalue weighted by Gasteiger charge is -2.05. The number of methoxy groups -OCH3 is 1. The van der Waals surface area contributed by atoms with Crippen LogP contribution in [0.4, 0.5) is 4.39 Å². The number of rotatable bonds is 3. The topological polar surface area (TPSA) is 64.3 Å². The molecule has 1 heterocycles. The molecule has 5 nitrogen and oxygen atoms in total. The zero-order chi connectivity index (χ0) is 12.4. The predicted molar refractivity (Wildman–Crippen MR) is 57.0 cm³/mol. The number of hydrogen-bond donors (Lipinski definition) is 1. The lowest BCUT2D eigenvalue weighted by molar-refractivity contribution is 0.0690. The van der Waals surface area contributed by atoms with E-state index in [1.54, 1.807) is 0 Å². The molecule has 17 heavy (non-hydrogen) atoms. The Morgan fingerprint density at radius 2 is 2.24 bits per heavy atom. The Kier molecular flexibility index (Phi) is 2.78. The van der Waals surface area contributed by atoms with Gasteiger partial charge in [-0.25, -0.2) is 13.9 Å². The lowest BCUT2D eigenvalue weighted by Crippen LogP contribution is -2.01. The minimum Gasteiger partial charge on any atom is -0.494 e. The third kappa shape index (κ3) is 2.10. The van der Waals surface area contributed by atoms with E-state index in [2.05, 4.69) is 5.10 Å². The van der Waals surface area contributed by atoms with Crippen LogP contribution in [-0.2, 0) is 0 Å². The Labute approximate surface area is 96.1 Å². The number of carboxylic acids is 1. The molecule has 6 heteroatoms. The molecule has 1 aromatic heterocycles. The standard InChI is InChI=1S/C11H9FN2O3/c1-17-10-6-7(2-3-8(10)12)14-5-4-9(13-14)11(15)16/h2-6H,1H3,(H,15,16). The van der Waals surface area contributed by atoms with Crippen LogP contribution in [0.5, 0.6) is 5.75 Å². The Balaban J connectivity index is 2.42. The lowest BCUT2D eigenvalue weighted by atomic mass is 10.3. The van der Waals surface area contributed by atoms with Gasteiger partial charge < -0.3 is 9.84 Å². The monoisotopic (exact) mass is 236 g/mol. The van der Waals surface area contributed by atoms with Crippen LogP contribution in [0.25, 0.3) is 5.69 Å². The molecule has 2 rings (SSSR count). The predicted octanol–water partition coefficient (Wildman–Crippen LogP) is 1.72. The first-order valence-electron chi connectivity index (χ1n) is 4.74. The third-order valence-electron chi connectivity index (χ3n) is 2.21. The second kappa shape index (κ2) is 4.25. The highest BCUT2D eigenvalue weighted by Gasteiger charge is 2.09. The third-order valence-corrected chi connectivity index (χ3v) is 2.21. The van der Waals surface area contributed by atoms with Gasteiger partial charge in [-0.15, -0.1) is 0 Å². The number of halogens is 1. The molecule has 1 N–H and O–H groups in total. The number of hydrogen-bond acceptors (Lipinski definition) is 3. The van der Waals surface area contributed by atoms with E-state index in [1.165, 1.54) is 42.3 Å². The van der Waals surface area contributed by atoms with Crippen LogP contribution in [0.2, 0.25) is 0 Å². The number of benzene rings is 1. The highest BCUT2D eigenvalue weighted by atomic mass is 19.1. The molecular formula is C11H9FN2O3. The van der Waals surface area contributed by atoms with Crippen LogP contribution >= 0.6 is 0 Å². The maximum atomic E-state index is 13.2. The normalized spacial score (nSPS) is 10.2. The van der Waals surface area contributed by atoms with Crippen molar-refractivity contribution < 1.29 is 19.0 Å². The van der Waals surface area contributed by atoms with Crippen LogP contribution in [0.1, 0.15) is 10.5 Å². The summed E-state index contributed by atoms with van der Waals surface area (Å²) in [4.78, 5) is 10.7. The summed E-state index contributed by atoms with van der Waals surface area (Å²) < 4.78 is 19.3. The number of aromatic nitrogens is 2. The average Bonchev–Trinajstić information content (AvgIpc) is 2.79. The van der Waals surface area contributed by atoms with Crippen LogP contribution in [0.3, 0.4) is 0 Å². The highest BCUT2D eigenvalue weighted by Crippen LogP contribution is 2.20. The summed E-state index contributed by atoms with van der Waals surface area (Å²) in [5.41, 5.74) is 0.448. The van der Waals surface area contributed by atoms with Crippen LogP contribution in [-0.4, -0.2) is 28.0 Å². The van der Waals surface area contributed by atoms with E-state index in [0.717, 1.165) is 0 Å². The Bertz CT molecular complexity index is 566. The van der Waals surface area contributed by atoms with Gasteiger partial charge in [-0.05, 0) is 18.2 Å². The first kappa shape index (κ1) is 11.1. The fourth-order valence-corrected chi connectivity index (χ4v) is 1.37. The molecule has 0 saturated carbocycles. The van der Waals surface area contributed by atoms with E-state index in [0.29, 0.717) is 5.69 Å². The van der Waals surface area contributed by atoms with Gasteiger partial charge in [0.05, 0.1) is 12.8 Å². The molecule has 0 saturated heterocycles. The van der Waals surface area contributed by atoms with Crippen molar-refractivity contribution in [2.45, 2.75) is 0 Å². The van der Waals surface area contributed by atoms with Gasteiger partial charge in [-0.3, -0.25) is 0 Å². The molecule has 0 spiro atoms. The number of aromatic carboxylic acids is 1. The summed E-state index contributed by atoms with van der Waals surface area (Å²) in [6, 6.07) is 5.51. The number of carbonyl (C=O) groups is 1. The van der Waals surface area contributed by atoms with E-state index >= 15 is 0 Å². The molecule has 0 aliphatic rings. The molecule has 88 valence electrons. The molecular weight excluding hydrogens is 227 g/mol. The second-order valence-electron chi connectivity index (χ2n) is 3.27. The molecule has 0 radical (unpaired) electrons.